The number of rotatable bonds is 15. The summed E-state index contributed by atoms with van der Waals surface area (Å²) in [5.41, 5.74) is -0.859. The molecule has 0 heterocycles. The lowest BCUT2D eigenvalue weighted by Gasteiger charge is -2.19. The van der Waals surface area contributed by atoms with Gasteiger partial charge in [-0.05, 0) is 50.3 Å². The van der Waals surface area contributed by atoms with Crippen LogP contribution in [0.5, 0.6) is 5.75 Å². The second-order valence-electron chi connectivity index (χ2n) is 9.49. The highest BCUT2D eigenvalue weighted by Crippen LogP contribution is 2.36. The standard InChI is InChI=1S/C26H35F3N2O8/c1-17(15-39-31(36)37)30-25(35)10-5-3-2-4-9-21-22(24(34)14-23(21)33)12-11-19(32)16-38-20-8-6-7-18(13-20)26(27,28)29/h2,4,6-8,11-13,17,19,21-24,32-34H,3,5,9-10,14-16H2,1H3,(H,30,35)/t17?,19-,21-,22-,23+,24-/m1/s1. The van der Waals surface area contributed by atoms with Gasteiger partial charge in [0, 0.05) is 24.8 Å². The van der Waals surface area contributed by atoms with Gasteiger partial charge in [0.1, 0.15) is 25.1 Å². The highest BCUT2D eigenvalue weighted by Gasteiger charge is 2.39. The second kappa shape index (κ2) is 15.4. The van der Waals surface area contributed by atoms with E-state index in [1.807, 2.05) is 12.2 Å². The normalized spacial score (nSPS) is 23.2. The third kappa shape index (κ3) is 11.6. The van der Waals surface area contributed by atoms with E-state index in [2.05, 4.69) is 10.2 Å². The number of nitrogens with zero attached hydrogens (tertiary/aromatic N) is 1. The molecule has 1 saturated carbocycles. The van der Waals surface area contributed by atoms with Crippen molar-refractivity contribution in [2.75, 3.05) is 13.2 Å². The first-order valence-electron chi connectivity index (χ1n) is 12.6. The van der Waals surface area contributed by atoms with Gasteiger partial charge in [0.25, 0.3) is 5.09 Å². The maximum Gasteiger partial charge on any atom is 0.416 e. The zero-order chi connectivity index (χ0) is 29.0. The number of ether oxygens (including phenoxy) is 1. The van der Waals surface area contributed by atoms with Crippen LogP contribution in [0.2, 0.25) is 0 Å². The van der Waals surface area contributed by atoms with Gasteiger partial charge < -0.3 is 30.2 Å². The van der Waals surface area contributed by atoms with Crippen LogP contribution in [0.25, 0.3) is 0 Å². The number of carbonyl (C=O) groups excluding carboxylic acids is 1. The largest absolute Gasteiger partial charge is 0.491 e. The van der Waals surface area contributed by atoms with Crippen molar-refractivity contribution in [1.82, 2.24) is 5.32 Å². The van der Waals surface area contributed by atoms with E-state index in [0.717, 1.165) is 12.1 Å². The molecule has 1 aromatic rings. The van der Waals surface area contributed by atoms with Gasteiger partial charge in [-0.15, -0.1) is 10.1 Å². The number of benzene rings is 1. The molecular weight excluding hydrogens is 525 g/mol. The fourth-order valence-electron chi connectivity index (χ4n) is 4.28. The van der Waals surface area contributed by atoms with E-state index < -0.39 is 47.1 Å². The van der Waals surface area contributed by atoms with Gasteiger partial charge >= 0.3 is 6.18 Å². The average Bonchev–Trinajstić information content (AvgIpc) is 3.13. The number of carbonyl (C=O) groups is 1. The van der Waals surface area contributed by atoms with Gasteiger partial charge in [-0.2, -0.15) is 13.2 Å². The average molecular weight is 561 g/mol. The zero-order valence-electron chi connectivity index (χ0n) is 21.5. The minimum Gasteiger partial charge on any atom is -0.491 e. The van der Waals surface area contributed by atoms with Crippen molar-refractivity contribution in [1.29, 1.82) is 0 Å². The molecule has 1 amide bonds. The molecule has 1 aliphatic rings. The van der Waals surface area contributed by atoms with Crippen LogP contribution < -0.4 is 10.1 Å². The van der Waals surface area contributed by atoms with Gasteiger partial charge in [0.2, 0.25) is 5.91 Å². The topological polar surface area (TPSA) is 151 Å². The molecular formula is C26H35F3N2O8. The Morgan fingerprint density at radius 1 is 1.26 bits per heavy atom. The van der Waals surface area contributed by atoms with Crippen molar-refractivity contribution in [3.63, 3.8) is 0 Å². The van der Waals surface area contributed by atoms with Crippen LogP contribution in [0.4, 0.5) is 13.2 Å². The number of aliphatic hydroxyl groups excluding tert-OH is 3. The van der Waals surface area contributed by atoms with Crippen molar-refractivity contribution < 1.29 is 47.9 Å². The third-order valence-corrected chi connectivity index (χ3v) is 6.24. The Bertz CT molecular complexity index is 988. The van der Waals surface area contributed by atoms with Crippen LogP contribution in [0.15, 0.2) is 48.6 Å². The van der Waals surface area contributed by atoms with Gasteiger partial charge in [-0.3, -0.25) is 4.79 Å². The summed E-state index contributed by atoms with van der Waals surface area (Å²) < 4.78 is 43.8. The van der Waals surface area contributed by atoms with Crippen LogP contribution in [0.1, 0.15) is 44.6 Å². The van der Waals surface area contributed by atoms with Crippen molar-refractivity contribution in [2.45, 2.75) is 69.6 Å². The van der Waals surface area contributed by atoms with Crippen molar-refractivity contribution >= 4 is 5.91 Å². The molecule has 13 heteroatoms. The predicted molar refractivity (Wildman–Crippen MR) is 134 cm³/mol. The number of allylic oxidation sites excluding steroid dienone is 2. The molecule has 1 unspecified atom stereocenters. The summed E-state index contributed by atoms with van der Waals surface area (Å²) >= 11 is 0. The first-order chi connectivity index (χ1) is 18.4. The Kier molecular flexibility index (Phi) is 12.7. The summed E-state index contributed by atoms with van der Waals surface area (Å²) in [6.07, 6.45) is 1.45. The Hall–Kier alpha value is -3.16. The lowest BCUT2D eigenvalue weighted by atomic mass is 9.89. The zero-order valence-corrected chi connectivity index (χ0v) is 21.5. The molecule has 10 nitrogen and oxygen atoms in total. The van der Waals surface area contributed by atoms with Crippen LogP contribution in [0.3, 0.4) is 0 Å². The van der Waals surface area contributed by atoms with Gasteiger partial charge in [-0.25, -0.2) is 0 Å². The maximum absolute atomic E-state index is 12.8. The maximum atomic E-state index is 12.8. The Morgan fingerprint density at radius 3 is 2.69 bits per heavy atom. The number of hydrogen-bond donors (Lipinski definition) is 4. The van der Waals surface area contributed by atoms with Crippen LogP contribution in [0, 0.1) is 22.0 Å². The third-order valence-electron chi connectivity index (χ3n) is 6.24. The minimum atomic E-state index is -4.51. The van der Waals surface area contributed by atoms with Gasteiger partial charge in [0.05, 0.1) is 17.8 Å². The van der Waals surface area contributed by atoms with Crippen LogP contribution in [-0.2, 0) is 15.8 Å². The fraction of sp³-hybridized carbons (Fsp3) is 0.577. The predicted octanol–water partition coefficient (Wildman–Crippen LogP) is 3.19. The van der Waals surface area contributed by atoms with E-state index >= 15 is 0 Å². The number of nitrogens with one attached hydrogen (secondary N) is 1. The Labute approximate surface area is 224 Å². The number of aliphatic hydroxyl groups is 3. The molecule has 0 aromatic heterocycles. The Morgan fingerprint density at radius 2 is 2.00 bits per heavy atom. The summed E-state index contributed by atoms with van der Waals surface area (Å²) in [7, 11) is 0. The van der Waals surface area contributed by atoms with Crippen molar-refractivity contribution in [3.05, 3.63) is 64.2 Å². The van der Waals surface area contributed by atoms with Crippen LogP contribution >= 0.6 is 0 Å². The summed E-state index contributed by atoms with van der Waals surface area (Å²) in [4.78, 5) is 26.3. The monoisotopic (exact) mass is 560 g/mol. The molecule has 1 fully saturated rings. The number of unbranched alkanes of at least 4 members (excludes halogenated alkanes) is 1. The number of amides is 1. The summed E-state index contributed by atoms with van der Waals surface area (Å²) in [6, 6.07) is 3.83. The molecule has 39 heavy (non-hydrogen) atoms. The lowest BCUT2D eigenvalue weighted by Crippen LogP contribution is -2.36. The van der Waals surface area contributed by atoms with E-state index in [0.29, 0.717) is 19.3 Å². The van der Waals surface area contributed by atoms with Crippen molar-refractivity contribution in [2.24, 2.45) is 11.8 Å². The van der Waals surface area contributed by atoms with Gasteiger partial charge in [-0.1, -0.05) is 30.4 Å². The molecule has 6 atom stereocenters. The highest BCUT2D eigenvalue weighted by molar-refractivity contribution is 5.76. The summed E-state index contributed by atoms with van der Waals surface area (Å²) in [5, 5.41) is 42.8. The lowest BCUT2D eigenvalue weighted by molar-refractivity contribution is -0.758. The number of hydrogen-bond acceptors (Lipinski definition) is 8. The quantitative estimate of drug-likeness (QED) is 0.111. The molecule has 4 N–H and O–H groups in total. The Balaban J connectivity index is 1.77. The molecule has 0 bridgehead atoms. The molecule has 218 valence electrons. The van der Waals surface area contributed by atoms with E-state index in [4.69, 9.17) is 4.74 Å². The van der Waals surface area contributed by atoms with Crippen molar-refractivity contribution in [3.8, 4) is 5.75 Å². The molecule has 0 spiro atoms. The molecule has 2 rings (SSSR count). The van der Waals surface area contributed by atoms with E-state index in [9.17, 15) is 43.4 Å². The van der Waals surface area contributed by atoms with Gasteiger partial charge in [0.15, 0.2) is 0 Å². The first kappa shape index (κ1) is 32.1. The molecule has 0 aliphatic heterocycles. The molecule has 1 aliphatic carbocycles. The van der Waals surface area contributed by atoms with E-state index in [1.54, 1.807) is 13.0 Å². The first-order valence-corrected chi connectivity index (χ1v) is 12.6. The highest BCUT2D eigenvalue weighted by atomic mass is 19.4. The second-order valence-corrected chi connectivity index (χ2v) is 9.49. The molecule has 1 aromatic carbocycles. The summed E-state index contributed by atoms with van der Waals surface area (Å²) in [6.45, 7) is 1.07. The van der Waals surface area contributed by atoms with Crippen LogP contribution in [-0.4, -0.2) is 63.9 Å². The molecule has 0 radical (unpaired) electrons. The number of halogens is 3. The van der Waals surface area contributed by atoms with E-state index in [1.165, 1.54) is 18.2 Å². The smallest absolute Gasteiger partial charge is 0.416 e. The van der Waals surface area contributed by atoms with E-state index in [-0.39, 0.29) is 43.6 Å². The molecule has 0 saturated heterocycles. The summed E-state index contributed by atoms with van der Waals surface area (Å²) in [5.74, 6) is -1.04. The number of alkyl halides is 3. The fourth-order valence-corrected chi connectivity index (χ4v) is 4.28. The minimum absolute atomic E-state index is 0.0348. The SMILES string of the molecule is CC(CO[N+](=O)[O-])NC(=O)CCCC=CC[C@@H]1[C@@H](C=C[C@@H](O)COc2cccc(C(F)(F)F)c2)[C@H](O)C[C@@H]1O.